The third-order valence-electron chi connectivity index (χ3n) is 1.95. The second kappa shape index (κ2) is 3.17. The van der Waals surface area contributed by atoms with Crippen LogP contribution in [0.25, 0.3) is 0 Å². The Morgan fingerprint density at radius 1 is 1.70 bits per heavy atom. The van der Waals surface area contributed by atoms with Crippen molar-refractivity contribution in [1.82, 2.24) is 4.90 Å². The van der Waals surface area contributed by atoms with Crippen LogP contribution in [0.4, 0.5) is 0 Å². The molecule has 1 N–H and O–H groups in total. The van der Waals surface area contributed by atoms with Gasteiger partial charge < -0.3 is 5.11 Å². The standard InChI is InChI=1S/C8H15NO/c1-7(2)9-4-3-8(5-9)6-10/h3,7,10H,4-6H2,1-2H3. The molecule has 0 aromatic rings. The second-order valence-corrected chi connectivity index (χ2v) is 3.04. The summed E-state index contributed by atoms with van der Waals surface area (Å²) in [6, 6.07) is 0.597. The first-order chi connectivity index (χ1) is 4.74. The lowest BCUT2D eigenvalue weighted by Crippen LogP contribution is -2.28. The van der Waals surface area contributed by atoms with E-state index in [1.54, 1.807) is 0 Å². The smallest absolute Gasteiger partial charge is 0.0654 e. The largest absolute Gasteiger partial charge is 0.392 e. The number of rotatable bonds is 2. The van der Waals surface area contributed by atoms with E-state index in [9.17, 15) is 0 Å². The van der Waals surface area contributed by atoms with Gasteiger partial charge in [0.2, 0.25) is 0 Å². The Kier molecular flexibility index (Phi) is 2.46. The first kappa shape index (κ1) is 7.76. The van der Waals surface area contributed by atoms with E-state index in [2.05, 4.69) is 24.8 Å². The van der Waals surface area contributed by atoms with E-state index in [1.807, 2.05) is 0 Å². The predicted molar refractivity (Wildman–Crippen MR) is 41.9 cm³/mol. The highest BCUT2D eigenvalue weighted by atomic mass is 16.3. The second-order valence-electron chi connectivity index (χ2n) is 3.04. The van der Waals surface area contributed by atoms with Crippen LogP contribution in [0, 0.1) is 0 Å². The molecule has 10 heavy (non-hydrogen) atoms. The van der Waals surface area contributed by atoms with Crippen molar-refractivity contribution in [2.45, 2.75) is 19.9 Å². The summed E-state index contributed by atoms with van der Waals surface area (Å²) in [6.45, 7) is 6.53. The Morgan fingerprint density at radius 2 is 2.40 bits per heavy atom. The summed E-state index contributed by atoms with van der Waals surface area (Å²) in [5.41, 5.74) is 1.16. The molecule has 0 aromatic carbocycles. The van der Waals surface area contributed by atoms with E-state index in [0.717, 1.165) is 18.7 Å². The lowest BCUT2D eigenvalue weighted by Gasteiger charge is -2.19. The van der Waals surface area contributed by atoms with Gasteiger partial charge in [0.15, 0.2) is 0 Å². The molecule has 2 heteroatoms. The maximum Gasteiger partial charge on any atom is 0.0654 e. The average Bonchev–Trinajstić information content (AvgIpc) is 2.34. The third-order valence-corrected chi connectivity index (χ3v) is 1.95. The van der Waals surface area contributed by atoms with Crippen LogP contribution in [-0.2, 0) is 0 Å². The maximum atomic E-state index is 8.77. The molecule has 0 bridgehead atoms. The van der Waals surface area contributed by atoms with E-state index in [0.29, 0.717) is 6.04 Å². The van der Waals surface area contributed by atoms with Gasteiger partial charge >= 0.3 is 0 Å². The summed E-state index contributed by atoms with van der Waals surface area (Å²) < 4.78 is 0. The summed E-state index contributed by atoms with van der Waals surface area (Å²) in [7, 11) is 0. The van der Waals surface area contributed by atoms with Gasteiger partial charge in [-0.2, -0.15) is 0 Å². The van der Waals surface area contributed by atoms with Crippen LogP contribution in [0.5, 0.6) is 0 Å². The van der Waals surface area contributed by atoms with Crippen LogP contribution in [0.15, 0.2) is 11.6 Å². The Bertz CT molecular complexity index is 140. The van der Waals surface area contributed by atoms with E-state index >= 15 is 0 Å². The minimum Gasteiger partial charge on any atom is -0.392 e. The summed E-state index contributed by atoms with van der Waals surface area (Å²) in [5.74, 6) is 0. The molecule has 0 amide bonds. The van der Waals surface area contributed by atoms with Crippen LogP contribution in [-0.4, -0.2) is 35.7 Å². The van der Waals surface area contributed by atoms with Crippen LogP contribution in [0.3, 0.4) is 0 Å². The molecule has 1 rings (SSSR count). The quantitative estimate of drug-likeness (QED) is 0.570. The number of hydrogen-bond acceptors (Lipinski definition) is 2. The Hall–Kier alpha value is -0.340. The minimum atomic E-state index is 0.225. The maximum absolute atomic E-state index is 8.77. The lowest BCUT2D eigenvalue weighted by atomic mass is 10.3. The van der Waals surface area contributed by atoms with Gasteiger partial charge in [-0.05, 0) is 19.4 Å². The molecule has 0 saturated heterocycles. The molecular formula is C8H15NO. The van der Waals surface area contributed by atoms with E-state index in [4.69, 9.17) is 5.11 Å². The van der Waals surface area contributed by atoms with Gasteiger partial charge in [0.05, 0.1) is 6.61 Å². The van der Waals surface area contributed by atoms with Gasteiger partial charge in [0.25, 0.3) is 0 Å². The fraction of sp³-hybridized carbons (Fsp3) is 0.750. The van der Waals surface area contributed by atoms with Gasteiger partial charge in [0, 0.05) is 19.1 Å². The highest BCUT2D eigenvalue weighted by Gasteiger charge is 2.14. The zero-order valence-corrected chi connectivity index (χ0v) is 6.67. The normalized spacial score (nSPS) is 20.2. The average molecular weight is 141 g/mol. The Morgan fingerprint density at radius 3 is 2.70 bits per heavy atom. The van der Waals surface area contributed by atoms with Crippen molar-refractivity contribution in [2.75, 3.05) is 19.7 Å². The Balaban J connectivity index is 2.36. The fourth-order valence-corrected chi connectivity index (χ4v) is 1.14. The molecule has 0 aromatic heterocycles. The number of aliphatic hydroxyl groups excluding tert-OH is 1. The Labute approximate surface area is 62.2 Å². The van der Waals surface area contributed by atoms with Gasteiger partial charge in [-0.3, -0.25) is 4.90 Å². The first-order valence-electron chi connectivity index (χ1n) is 3.77. The van der Waals surface area contributed by atoms with Crippen molar-refractivity contribution in [3.05, 3.63) is 11.6 Å². The van der Waals surface area contributed by atoms with E-state index in [-0.39, 0.29) is 6.61 Å². The molecule has 58 valence electrons. The molecule has 0 spiro atoms. The molecule has 1 aliphatic rings. The molecular weight excluding hydrogens is 126 g/mol. The summed E-state index contributed by atoms with van der Waals surface area (Å²) >= 11 is 0. The van der Waals surface area contributed by atoms with Gasteiger partial charge in [-0.15, -0.1) is 0 Å². The SMILES string of the molecule is CC(C)N1CC=C(CO)C1. The van der Waals surface area contributed by atoms with Crippen molar-refractivity contribution < 1.29 is 5.11 Å². The highest BCUT2D eigenvalue weighted by Crippen LogP contribution is 2.10. The lowest BCUT2D eigenvalue weighted by molar-refractivity contribution is 0.267. The van der Waals surface area contributed by atoms with Crippen LogP contribution >= 0.6 is 0 Å². The minimum absolute atomic E-state index is 0.225. The molecule has 0 atom stereocenters. The number of nitrogens with zero attached hydrogens (tertiary/aromatic N) is 1. The number of aliphatic hydroxyl groups is 1. The molecule has 0 saturated carbocycles. The van der Waals surface area contributed by atoms with Crippen LogP contribution in [0.2, 0.25) is 0 Å². The molecule has 2 nitrogen and oxygen atoms in total. The van der Waals surface area contributed by atoms with Crippen molar-refractivity contribution in [1.29, 1.82) is 0 Å². The fourth-order valence-electron chi connectivity index (χ4n) is 1.14. The molecule has 1 aliphatic heterocycles. The van der Waals surface area contributed by atoms with Gasteiger partial charge in [-0.1, -0.05) is 6.08 Å². The molecule has 1 heterocycles. The molecule has 0 aliphatic carbocycles. The molecule has 0 unspecified atom stereocenters. The van der Waals surface area contributed by atoms with E-state index < -0.39 is 0 Å². The van der Waals surface area contributed by atoms with Gasteiger partial charge in [-0.25, -0.2) is 0 Å². The van der Waals surface area contributed by atoms with Crippen LogP contribution in [0.1, 0.15) is 13.8 Å². The summed E-state index contributed by atoms with van der Waals surface area (Å²) in [5, 5.41) is 8.77. The van der Waals surface area contributed by atoms with Crippen molar-refractivity contribution in [3.8, 4) is 0 Å². The number of hydrogen-bond donors (Lipinski definition) is 1. The van der Waals surface area contributed by atoms with Crippen molar-refractivity contribution >= 4 is 0 Å². The zero-order valence-electron chi connectivity index (χ0n) is 6.67. The third kappa shape index (κ3) is 1.58. The predicted octanol–water partition coefficient (Wildman–Crippen LogP) is 0.629. The topological polar surface area (TPSA) is 23.5 Å². The zero-order chi connectivity index (χ0) is 7.56. The van der Waals surface area contributed by atoms with E-state index in [1.165, 1.54) is 0 Å². The first-order valence-corrected chi connectivity index (χ1v) is 3.77. The molecule has 0 fully saturated rings. The summed E-state index contributed by atoms with van der Waals surface area (Å²) in [6.07, 6.45) is 2.11. The highest BCUT2D eigenvalue weighted by molar-refractivity contribution is 5.12. The van der Waals surface area contributed by atoms with Crippen molar-refractivity contribution in [3.63, 3.8) is 0 Å². The van der Waals surface area contributed by atoms with Crippen LogP contribution < -0.4 is 0 Å². The summed E-state index contributed by atoms with van der Waals surface area (Å²) in [4.78, 5) is 2.32. The molecule has 0 radical (unpaired) electrons. The van der Waals surface area contributed by atoms with Gasteiger partial charge in [0.1, 0.15) is 0 Å². The van der Waals surface area contributed by atoms with Crippen molar-refractivity contribution in [2.24, 2.45) is 0 Å². The monoisotopic (exact) mass is 141 g/mol.